The highest BCUT2D eigenvalue weighted by Crippen LogP contribution is 2.26. The number of fused-ring (bicyclic) bond motifs is 1. The number of carbonyl (C=O) groups excluding carboxylic acids is 1. The normalized spacial score (nSPS) is 10.6. The molecule has 0 spiro atoms. The van der Waals surface area contributed by atoms with Crippen LogP contribution in [0.25, 0.3) is 10.2 Å². The summed E-state index contributed by atoms with van der Waals surface area (Å²) in [4.78, 5) is 16.8. The molecule has 1 heterocycles. The Bertz CT molecular complexity index is 994. The fraction of sp³-hybridized carbons (Fsp3) is 0.0476. The molecule has 4 nitrogen and oxygen atoms in total. The summed E-state index contributed by atoms with van der Waals surface area (Å²) in [7, 11) is 0. The number of nitrogens with one attached hydrogen (secondary N) is 1. The zero-order valence-corrected chi connectivity index (χ0v) is 14.7. The molecule has 0 saturated carbocycles. The van der Waals surface area contributed by atoms with Gasteiger partial charge in [-0.3, -0.25) is 10.1 Å². The van der Waals surface area contributed by atoms with E-state index in [1.165, 1.54) is 11.3 Å². The van der Waals surface area contributed by atoms with Crippen molar-refractivity contribution in [1.82, 2.24) is 4.98 Å². The van der Waals surface area contributed by atoms with Crippen molar-refractivity contribution in [3.63, 3.8) is 0 Å². The molecular formula is C21H16N2O2S. The minimum Gasteiger partial charge on any atom is -0.489 e. The van der Waals surface area contributed by atoms with E-state index in [2.05, 4.69) is 10.3 Å². The molecule has 4 rings (SSSR count). The number of amides is 1. The molecule has 0 aliphatic heterocycles. The molecule has 0 aliphatic carbocycles. The van der Waals surface area contributed by atoms with Crippen LogP contribution in [-0.4, -0.2) is 10.9 Å². The fourth-order valence-corrected chi connectivity index (χ4v) is 3.40. The minimum absolute atomic E-state index is 0.182. The highest BCUT2D eigenvalue weighted by molar-refractivity contribution is 7.22. The third kappa shape index (κ3) is 3.73. The van der Waals surface area contributed by atoms with E-state index in [0.717, 1.165) is 21.5 Å². The van der Waals surface area contributed by atoms with E-state index in [9.17, 15) is 4.79 Å². The Labute approximate surface area is 155 Å². The Morgan fingerprint density at radius 2 is 1.65 bits per heavy atom. The third-order valence-corrected chi connectivity index (χ3v) is 4.83. The van der Waals surface area contributed by atoms with Crippen LogP contribution in [0.1, 0.15) is 15.9 Å². The molecule has 0 bridgehead atoms. The second kappa shape index (κ2) is 7.37. The van der Waals surface area contributed by atoms with E-state index >= 15 is 0 Å². The molecule has 1 amide bonds. The average Bonchev–Trinajstić information content (AvgIpc) is 3.10. The molecule has 1 N–H and O–H groups in total. The molecule has 128 valence electrons. The topological polar surface area (TPSA) is 51.2 Å². The van der Waals surface area contributed by atoms with Gasteiger partial charge >= 0.3 is 0 Å². The SMILES string of the molecule is O=C(Nc1nc2ccccc2s1)c1ccc(OCc2ccccc2)cc1. The lowest BCUT2D eigenvalue weighted by Crippen LogP contribution is -2.11. The van der Waals surface area contributed by atoms with E-state index in [4.69, 9.17) is 4.74 Å². The molecule has 5 heteroatoms. The summed E-state index contributed by atoms with van der Waals surface area (Å²) in [5.74, 6) is 0.545. The van der Waals surface area contributed by atoms with Gasteiger partial charge in [0.1, 0.15) is 12.4 Å². The maximum absolute atomic E-state index is 12.4. The fourth-order valence-electron chi connectivity index (χ4n) is 2.54. The molecule has 0 aliphatic rings. The molecule has 4 aromatic rings. The molecule has 0 saturated heterocycles. The number of thiazole rings is 1. The maximum atomic E-state index is 12.4. The van der Waals surface area contributed by atoms with Crippen molar-refractivity contribution in [2.45, 2.75) is 6.61 Å². The van der Waals surface area contributed by atoms with Gasteiger partial charge in [-0.2, -0.15) is 0 Å². The minimum atomic E-state index is -0.182. The number of aromatic nitrogens is 1. The zero-order valence-electron chi connectivity index (χ0n) is 13.9. The Morgan fingerprint density at radius 1 is 0.923 bits per heavy atom. The van der Waals surface area contributed by atoms with E-state index in [1.54, 1.807) is 24.3 Å². The van der Waals surface area contributed by atoms with Crippen molar-refractivity contribution < 1.29 is 9.53 Å². The van der Waals surface area contributed by atoms with Crippen LogP contribution in [0.4, 0.5) is 5.13 Å². The summed E-state index contributed by atoms with van der Waals surface area (Å²) in [6.45, 7) is 0.498. The van der Waals surface area contributed by atoms with Gasteiger partial charge in [0.25, 0.3) is 5.91 Å². The summed E-state index contributed by atoms with van der Waals surface area (Å²) in [5.41, 5.74) is 2.55. The standard InChI is InChI=1S/C21H16N2O2S/c24-20(23-21-22-18-8-4-5-9-19(18)26-21)16-10-12-17(13-11-16)25-14-15-6-2-1-3-7-15/h1-13H,14H2,(H,22,23,24). The van der Waals surface area contributed by atoms with Crippen molar-refractivity contribution >= 4 is 32.6 Å². The van der Waals surface area contributed by atoms with Gasteiger partial charge in [-0.05, 0) is 42.0 Å². The van der Waals surface area contributed by atoms with Crippen LogP contribution in [-0.2, 0) is 6.61 Å². The van der Waals surface area contributed by atoms with Gasteiger partial charge in [0, 0.05) is 5.56 Å². The highest BCUT2D eigenvalue weighted by atomic mass is 32.1. The number of benzene rings is 3. The van der Waals surface area contributed by atoms with Crippen molar-refractivity contribution in [3.05, 3.63) is 90.0 Å². The Morgan fingerprint density at radius 3 is 2.42 bits per heavy atom. The number of para-hydroxylation sites is 1. The quantitative estimate of drug-likeness (QED) is 0.537. The molecule has 1 aromatic heterocycles. The summed E-state index contributed by atoms with van der Waals surface area (Å²) < 4.78 is 6.79. The molecule has 0 unspecified atom stereocenters. The Kier molecular flexibility index (Phi) is 4.62. The first kappa shape index (κ1) is 16.3. The highest BCUT2D eigenvalue weighted by Gasteiger charge is 2.10. The average molecular weight is 360 g/mol. The second-order valence-electron chi connectivity index (χ2n) is 5.74. The first-order valence-electron chi connectivity index (χ1n) is 8.22. The monoisotopic (exact) mass is 360 g/mol. The summed E-state index contributed by atoms with van der Waals surface area (Å²) in [5, 5.41) is 3.45. The number of carbonyl (C=O) groups is 1. The van der Waals surface area contributed by atoms with Crippen LogP contribution in [0.15, 0.2) is 78.9 Å². The predicted octanol–water partition coefficient (Wildman–Crippen LogP) is 5.13. The van der Waals surface area contributed by atoms with Crippen LogP contribution in [0.3, 0.4) is 0 Å². The van der Waals surface area contributed by atoms with E-state index in [0.29, 0.717) is 17.3 Å². The predicted molar refractivity (Wildman–Crippen MR) is 105 cm³/mol. The largest absolute Gasteiger partial charge is 0.489 e. The van der Waals surface area contributed by atoms with E-state index < -0.39 is 0 Å². The van der Waals surface area contributed by atoms with Crippen molar-refractivity contribution in [2.24, 2.45) is 0 Å². The first-order valence-corrected chi connectivity index (χ1v) is 9.03. The van der Waals surface area contributed by atoms with Crippen LogP contribution in [0.2, 0.25) is 0 Å². The summed E-state index contributed by atoms with van der Waals surface area (Å²) in [6.07, 6.45) is 0. The number of hydrogen-bond donors (Lipinski definition) is 1. The van der Waals surface area contributed by atoms with Crippen LogP contribution in [0, 0.1) is 0 Å². The molecular weight excluding hydrogens is 344 g/mol. The van der Waals surface area contributed by atoms with Gasteiger partial charge in [-0.1, -0.05) is 53.8 Å². The smallest absolute Gasteiger partial charge is 0.257 e. The first-order chi connectivity index (χ1) is 12.8. The lowest BCUT2D eigenvalue weighted by Gasteiger charge is -2.07. The lowest BCUT2D eigenvalue weighted by molar-refractivity contribution is 0.102. The molecule has 3 aromatic carbocycles. The molecule has 0 atom stereocenters. The number of anilines is 1. The number of ether oxygens (including phenoxy) is 1. The lowest BCUT2D eigenvalue weighted by atomic mass is 10.2. The van der Waals surface area contributed by atoms with Crippen molar-refractivity contribution in [3.8, 4) is 5.75 Å². The Hall–Kier alpha value is -3.18. The van der Waals surface area contributed by atoms with Crippen LogP contribution < -0.4 is 10.1 Å². The van der Waals surface area contributed by atoms with Crippen molar-refractivity contribution in [1.29, 1.82) is 0 Å². The van der Waals surface area contributed by atoms with Gasteiger partial charge in [0.15, 0.2) is 5.13 Å². The van der Waals surface area contributed by atoms with Crippen molar-refractivity contribution in [2.75, 3.05) is 5.32 Å². The van der Waals surface area contributed by atoms with Crippen LogP contribution >= 0.6 is 11.3 Å². The molecule has 0 radical (unpaired) electrons. The van der Waals surface area contributed by atoms with E-state index in [1.807, 2.05) is 54.6 Å². The van der Waals surface area contributed by atoms with E-state index in [-0.39, 0.29) is 5.91 Å². The Balaban J connectivity index is 1.40. The molecule has 26 heavy (non-hydrogen) atoms. The summed E-state index contributed by atoms with van der Waals surface area (Å²) >= 11 is 1.46. The number of hydrogen-bond acceptors (Lipinski definition) is 4. The van der Waals surface area contributed by atoms with Gasteiger partial charge < -0.3 is 4.74 Å². The van der Waals surface area contributed by atoms with Gasteiger partial charge in [-0.25, -0.2) is 4.98 Å². The number of rotatable bonds is 5. The third-order valence-electron chi connectivity index (χ3n) is 3.88. The zero-order chi connectivity index (χ0) is 17.8. The second-order valence-corrected chi connectivity index (χ2v) is 6.77. The van der Waals surface area contributed by atoms with Crippen LogP contribution in [0.5, 0.6) is 5.75 Å². The van der Waals surface area contributed by atoms with Gasteiger partial charge in [0.2, 0.25) is 0 Å². The number of nitrogens with zero attached hydrogens (tertiary/aromatic N) is 1. The van der Waals surface area contributed by atoms with Gasteiger partial charge in [-0.15, -0.1) is 0 Å². The van der Waals surface area contributed by atoms with Gasteiger partial charge in [0.05, 0.1) is 10.2 Å². The summed E-state index contributed by atoms with van der Waals surface area (Å²) in [6, 6.07) is 24.9. The molecule has 0 fully saturated rings. The maximum Gasteiger partial charge on any atom is 0.257 e.